The Morgan fingerprint density at radius 2 is 2.10 bits per heavy atom. The second-order valence-corrected chi connectivity index (χ2v) is 4.52. The third-order valence-electron chi connectivity index (χ3n) is 2.97. The van der Waals surface area contributed by atoms with Crippen molar-refractivity contribution < 1.29 is 19.4 Å². The van der Waals surface area contributed by atoms with Gasteiger partial charge in [-0.05, 0) is 11.6 Å². The molecule has 0 radical (unpaired) electrons. The number of aromatic amines is 1. The quantitative estimate of drug-likeness (QED) is 0.572. The number of rotatable bonds is 4. The normalized spacial score (nSPS) is 13.9. The lowest BCUT2D eigenvalue weighted by atomic mass is 10.0. The second kappa shape index (κ2) is 5.90. The molecule has 0 fully saturated rings. The number of fused-ring (bicyclic) bond motifs is 1. The Hall–Kier alpha value is -2.45. The molecular formula is C13H14N2O6. The molecule has 8 heteroatoms. The Morgan fingerprint density at radius 3 is 2.76 bits per heavy atom. The number of carbonyl (C=O) groups is 1. The Bertz CT molecular complexity index is 778. The number of nitrogens with one attached hydrogen (secondary N) is 2. The molecule has 0 saturated carbocycles. The molecular weight excluding hydrogens is 280 g/mol. The maximum absolute atomic E-state index is 11.8. The van der Waals surface area contributed by atoms with E-state index in [0.717, 1.165) is 0 Å². The highest BCUT2D eigenvalue weighted by atomic mass is 16.4. The lowest BCUT2D eigenvalue weighted by molar-refractivity contribution is -0.119. The molecule has 0 spiro atoms. The van der Waals surface area contributed by atoms with Crippen LogP contribution in [0.15, 0.2) is 32.2 Å². The number of carbonyl (C=O) groups excluding carboxylic acids is 1. The van der Waals surface area contributed by atoms with Crippen LogP contribution in [0.1, 0.15) is 18.6 Å². The van der Waals surface area contributed by atoms with E-state index in [1.807, 2.05) is 0 Å². The maximum atomic E-state index is 11.8. The zero-order chi connectivity index (χ0) is 15.6. The van der Waals surface area contributed by atoms with Gasteiger partial charge >= 0.3 is 11.4 Å². The van der Waals surface area contributed by atoms with Gasteiger partial charge in [0.05, 0.1) is 10.9 Å². The lowest BCUT2D eigenvalue weighted by Gasteiger charge is -2.19. The summed E-state index contributed by atoms with van der Waals surface area (Å²) in [5, 5.41) is 22.3. The van der Waals surface area contributed by atoms with Crippen molar-refractivity contribution in [3.63, 3.8) is 0 Å². The zero-order valence-electron chi connectivity index (χ0n) is 11.1. The van der Waals surface area contributed by atoms with Crippen LogP contribution in [0, 0.1) is 0 Å². The van der Waals surface area contributed by atoms with Gasteiger partial charge in [-0.2, -0.15) is 0 Å². The van der Waals surface area contributed by atoms with E-state index in [9.17, 15) is 24.6 Å². The Labute approximate surface area is 118 Å². The number of H-pyrrole nitrogens is 1. The molecule has 21 heavy (non-hydrogen) atoms. The molecule has 2 rings (SSSR count). The average Bonchev–Trinajstić information content (AvgIpc) is 2.42. The van der Waals surface area contributed by atoms with Crippen molar-refractivity contribution in [2.45, 2.75) is 19.1 Å². The van der Waals surface area contributed by atoms with E-state index >= 15 is 0 Å². The van der Waals surface area contributed by atoms with Crippen molar-refractivity contribution in [1.82, 2.24) is 10.3 Å². The number of aliphatic hydroxyl groups is 2. The highest BCUT2D eigenvalue weighted by Crippen LogP contribution is 2.22. The average molecular weight is 294 g/mol. The predicted molar refractivity (Wildman–Crippen MR) is 72.8 cm³/mol. The summed E-state index contributed by atoms with van der Waals surface area (Å²) in [6.07, 6.45) is -2.74. The van der Waals surface area contributed by atoms with E-state index in [1.54, 1.807) is 0 Å². The first kappa shape index (κ1) is 14.9. The lowest BCUT2D eigenvalue weighted by Crippen LogP contribution is -2.34. The van der Waals surface area contributed by atoms with Crippen molar-refractivity contribution >= 4 is 16.8 Å². The van der Waals surface area contributed by atoms with E-state index in [-0.39, 0.29) is 28.9 Å². The molecule has 0 saturated heterocycles. The van der Waals surface area contributed by atoms with Crippen LogP contribution in [-0.2, 0) is 4.79 Å². The largest absolute Gasteiger partial charge is 0.419 e. The van der Waals surface area contributed by atoms with Gasteiger partial charge in [0, 0.05) is 13.5 Å². The summed E-state index contributed by atoms with van der Waals surface area (Å²) in [6, 6.07) is 4.42. The minimum absolute atomic E-state index is 0.0218. The van der Waals surface area contributed by atoms with Crippen LogP contribution in [0.5, 0.6) is 0 Å². The molecule has 0 bridgehead atoms. The van der Waals surface area contributed by atoms with Crippen LogP contribution in [-0.4, -0.2) is 33.8 Å². The Kier molecular flexibility index (Phi) is 4.20. The number of hydrogen-bond acceptors (Lipinski definition) is 6. The topological polar surface area (TPSA) is 133 Å². The van der Waals surface area contributed by atoms with Crippen LogP contribution >= 0.6 is 0 Å². The molecule has 2 atom stereocenters. The number of hydrogen-bond donors (Lipinski definition) is 4. The molecule has 2 unspecified atom stereocenters. The highest BCUT2D eigenvalue weighted by Gasteiger charge is 2.22. The summed E-state index contributed by atoms with van der Waals surface area (Å²) in [5.74, 6) is -1.26. The molecule has 1 aromatic carbocycles. The van der Waals surface area contributed by atoms with E-state index < -0.39 is 23.6 Å². The first-order valence-corrected chi connectivity index (χ1v) is 6.16. The van der Waals surface area contributed by atoms with Crippen LogP contribution in [0.2, 0.25) is 0 Å². The molecule has 1 heterocycles. The summed E-state index contributed by atoms with van der Waals surface area (Å²) in [5.41, 5.74) is -0.606. The number of amides is 1. The van der Waals surface area contributed by atoms with Gasteiger partial charge in [0.25, 0.3) is 0 Å². The first-order valence-electron chi connectivity index (χ1n) is 6.16. The molecule has 1 aromatic heterocycles. The summed E-state index contributed by atoms with van der Waals surface area (Å²) < 4.78 is 4.43. The van der Waals surface area contributed by atoms with E-state index in [4.69, 9.17) is 0 Å². The van der Waals surface area contributed by atoms with Crippen molar-refractivity contribution in [3.05, 3.63) is 44.7 Å². The SMILES string of the molecule is CC(=O)NCC(O)C(O)c1cccc2[nH]c(=O)oc(=O)c12. The Balaban J connectivity index is 2.44. The summed E-state index contributed by atoms with van der Waals surface area (Å²) in [6.45, 7) is 1.10. The summed E-state index contributed by atoms with van der Waals surface area (Å²) in [7, 11) is 0. The zero-order valence-corrected chi connectivity index (χ0v) is 11.1. The minimum atomic E-state index is -1.42. The van der Waals surface area contributed by atoms with Gasteiger partial charge in [-0.15, -0.1) is 0 Å². The molecule has 1 amide bonds. The minimum Gasteiger partial charge on any atom is -0.388 e. The van der Waals surface area contributed by atoms with Crippen molar-refractivity contribution in [3.8, 4) is 0 Å². The van der Waals surface area contributed by atoms with Crippen LogP contribution in [0.4, 0.5) is 0 Å². The maximum Gasteiger partial charge on any atom is 0.419 e. The molecule has 112 valence electrons. The van der Waals surface area contributed by atoms with Crippen LogP contribution in [0.3, 0.4) is 0 Å². The van der Waals surface area contributed by atoms with Gasteiger partial charge < -0.3 is 19.9 Å². The monoisotopic (exact) mass is 294 g/mol. The van der Waals surface area contributed by atoms with Gasteiger partial charge in [-0.3, -0.25) is 9.78 Å². The first-order chi connectivity index (χ1) is 9.90. The number of aromatic nitrogens is 1. The van der Waals surface area contributed by atoms with Gasteiger partial charge in [0.15, 0.2) is 0 Å². The van der Waals surface area contributed by atoms with Gasteiger partial charge in [0.2, 0.25) is 5.91 Å². The Morgan fingerprint density at radius 1 is 1.38 bits per heavy atom. The van der Waals surface area contributed by atoms with E-state index in [2.05, 4.69) is 14.7 Å². The van der Waals surface area contributed by atoms with E-state index in [0.29, 0.717) is 0 Å². The second-order valence-electron chi connectivity index (χ2n) is 4.52. The fraction of sp³-hybridized carbons (Fsp3) is 0.308. The third-order valence-corrected chi connectivity index (χ3v) is 2.97. The summed E-state index contributed by atoms with van der Waals surface area (Å²) >= 11 is 0. The third kappa shape index (κ3) is 3.18. The van der Waals surface area contributed by atoms with Crippen LogP contribution in [0.25, 0.3) is 10.9 Å². The number of benzene rings is 1. The molecule has 4 N–H and O–H groups in total. The molecule has 0 aliphatic rings. The highest BCUT2D eigenvalue weighted by molar-refractivity contribution is 5.81. The standard InChI is InChI=1S/C13H14N2O6/c1-6(16)14-5-9(17)11(18)7-3-2-4-8-10(7)12(19)21-13(20)15-8/h2-4,9,11,17-18H,5H2,1H3,(H,14,16)(H,15,20). The van der Waals surface area contributed by atoms with Gasteiger partial charge in [-0.1, -0.05) is 12.1 Å². The molecule has 0 aliphatic carbocycles. The van der Waals surface area contributed by atoms with Crippen molar-refractivity contribution in [2.75, 3.05) is 6.54 Å². The molecule has 2 aromatic rings. The fourth-order valence-corrected chi connectivity index (χ4v) is 1.99. The smallest absolute Gasteiger partial charge is 0.388 e. The van der Waals surface area contributed by atoms with E-state index in [1.165, 1.54) is 25.1 Å². The van der Waals surface area contributed by atoms with Crippen LogP contribution < -0.4 is 16.7 Å². The van der Waals surface area contributed by atoms with Crippen molar-refractivity contribution in [2.24, 2.45) is 0 Å². The molecule has 0 aliphatic heterocycles. The summed E-state index contributed by atoms with van der Waals surface area (Å²) in [4.78, 5) is 36.0. The predicted octanol–water partition coefficient (Wildman–Crippen LogP) is -0.988. The fourth-order valence-electron chi connectivity index (χ4n) is 1.99. The number of aliphatic hydroxyl groups excluding tert-OH is 2. The van der Waals surface area contributed by atoms with Gasteiger partial charge in [-0.25, -0.2) is 9.59 Å². The van der Waals surface area contributed by atoms with Gasteiger partial charge in [0.1, 0.15) is 12.2 Å². The molecule has 8 nitrogen and oxygen atoms in total. The van der Waals surface area contributed by atoms with Crippen molar-refractivity contribution in [1.29, 1.82) is 0 Å².